The van der Waals surface area contributed by atoms with Gasteiger partial charge in [0.15, 0.2) is 0 Å². The molecule has 0 aliphatic carbocycles. The van der Waals surface area contributed by atoms with Gasteiger partial charge in [-0.15, -0.1) is 0 Å². The maximum absolute atomic E-state index is 11.7. The number of esters is 2. The lowest BCUT2D eigenvalue weighted by Crippen LogP contribution is -2.08. The van der Waals surface area contributed by atoms with E-state index in [0.717, 1.165) is 11.1 Å². The second-order valence-corrected chi connectivity index (χ2v) is 4.78. The molecular weight excluding hydrogens is 280 g/mol. The minimum absolute atomic E-state index is 0.333. The van der Waals surface area contributed by atoms with Gasteiger partial charge in [-0.25, -0.2) is 4.79 Å². The summed E-state index contributed by atoms with van der Waals surface area (Å²) in [5.74, 6) is 0.0796. The molecule has 2 rings (SSSR count). The van der Waals surface area contributed by atoms with Crippen LogP contribution in [-0.2, 0) is 9.59 Å². The molecule has 0 bridgehead atoms. The molecule has 0 fully saturated rings. The van der Waals surface area contributed by atoms with Gasteiger partial charge in [0, 0.05) is 18.1 Å². The van der Waals surface area contributed by atoms with Crippen molar-refractivity contribution < 1.29 is 19.1 Å². The third kappa shape index (κ3) is 3.82. The number of para-hydroxylation sites is 1. The fourth-order valence-electron chi connectivity index (χ4n) is 1.85. The summed E-state index contributed by atoms with van der Waals surface area (Å²) in [5.41, 5.74) is 1.95. The van der Waals surface area contributed by atoms with E-state index in [9.17, 15) is 9.59 Å². The smallest absolute Gasteiger partial charge is 0.338 e. The quantitative estimate of drug-likeness (QED) is 0.490. The molecule has 0 aliphatic heterocycles. The number of carbonyl (C=O) groups excluding carboxylic acids is 2. The van der Waals surface area contributed by atoms with Crippen LogP contribution in [0.1, 0.15) is 13.8 Å². The maximum Gasteiger partial charge on any atom is 0.338 e. The Morgan fingerprint density at radius 1 is 0.909 bits per heavy atom. The monoisotopic (exact) mass is 296 g/mol. The zero-order valence-electron chi connectivity index (χ0n) is 12.5. The molecular formula is C18H16O4. The van der Waals surface area contributed by atoms with Crippen LogP contribution in [-0.4, -0.2) is 11.9 Å². The number of benzene rings is 2. The summed E-state index contributed by atoms with van der Waals surface area (Å²) in [7, 11) is 0. The van der Waals surface area contributed by atoms with E-state index in [1.165, 1.54) is 6.92 Å². The standard InChI is InChI=1S/C18H16O4/c1-12(2)18(20)22-17-7-5-4-6-16(17)14-8-10-15(11-9-14)21-13(3)19/h4-11H,1H2,2-3H3. The molecule has 0 unspecified atom stereocenters. The summed E-state index contributed by atoms with van der Waals surface area (Å²) in [5, 5.41) is 0. The first-order chi connectivity index (χ1) is 10.5. The van der Waals surface area contributed by atoms with E-state index in [1.807, 2.05) is 12.1 Å². The Morgan fingerprint density at radius 2 is 1.55 bits per heavy atom. The van der Waals surface area contributed by atoms with Gasteiger partial charge in [-0.1, -0.05) is 36.9 Å². The molecule has 0 radical (unpaired) electrons. The van der Waals surface area contributed by atoms with Gasteiger partial charge in [-0.2, -0.15) is 0 Å². The lowest BCUT2D eigenvalue weighted by molar-refractivity contribution is -0.132. The summed E-state index contributed by atoms with van der Waals surface area (Å²) in [6.45, 7) is 6.51. The van der Waals surface area contributed by atoms with Crippen molar-refractivity contribution in [3.05, 3.63) is 60.7 Å². The molecule has 2 aromatic carbocycles. The van der Waals surface area contributed by atoms with Crippen LogP contribution in [0.25, 0.3) is 11.1 Å². The molecule has 4 nitrogen and oxygen atoms in total. The van der Waals surface area contributed by atoms with Crippen molar-refractivity contribution in [3.63, 3.8) is 0 Å². The Bertz CT molecular complexity index is 714. The molecule has 22 heavy (non-hydrogen) atoms. The van der Waals surface area contributed by atoms with Crippen molar-refractivity contribution in [1.29, 1.82) is 0 Å². The topological polar surface area (TPSA) is 52.6 Å². The van der Waals surface area contributed by atoms with E-state index < -0.39 is 5.97 Å². The lowest BCUT2D eigenvalue weighted by atomic mass is 10.0. The number of carbonyl (C=O) groups is 2. The van der Waals surface area contributed by atoms with Gasteiger partial charge in [-0.05, 0) is 30.7 Å². The molecule has 2 aromatic rings. The predicted molar refractivity (Wildman–Crippen MR) is 83.6 cm³/mol. The highest BCUT2D eigenvalue weighted by atomic mass is 16.5. The first-order valence-electron chi connectivity index (χ1n) is 6.73. The molecule has 112 valence electrons. The first kappa shape index (κ1) is 15.5. The van der Waals surface area contributed by atoms with E-state index in [4.69, 9.17) is 9.47 Å². The molecule has 4 heteroatoms. The van der Waals surface area contributed by atoms with Gasteiger partial charge in [-0.3, -0.25) is 4.79 Å². The third-order valence-corrected chi connectivity index (χ3v) is 2.87. The van der Waals surface area contributed by atoms with Gasteiger partial charge in [0.1, 0.15) is 11.5 Å². The number of hydrogen-bond acceptors (Lipinski definition) is 4. The molecule has 0 atom stereocenters. The van der Waals surface area contributed by atoms with E-state index in [0.29, 0.717) is 17.1 Å². The van der Waals surface area contributed by atoms with Crippen molar-refractivity contribution in [2.75, 3.05) is 0 Å². The Labute approximate surface area is 129 Å². The second kappa shape index (κ2) is 6.72. The SMILES string of the molecule is C=C(C)C(=O)Oc1ccccc1-c1ccc(OC(C)=O)cc1. The van der Waals surface area contributed by atoms with Crippen molar-refractivity contribution >= 4 is 11.9 Å². The lowest BCUT2D eigenvalue weighted by Gasteiger charge is -2.10. The maximum atomic E-state index is 11.7. The highest BCUT2D eigenvalue weighted by molar-refractivity contribution is 5.90. The second-order valence-electron chi connectivity index (χ2n) is 4.78. The largest absolute Gasteiger partial charge is 0.427 e. The summed E-state index contributed by atoms with van der Waals surface area (Å²) in [6, 6.07) is 14.2. The number of rotatable bonds is 4. The van der Waals surface area contributed by atoms with Crippen molar-refractivity contribution in [1.82, 2.24) is 0 Å². The molecule has 0 saturated heterocycles. The summed E-state index contributed by atoms with van der Waals surface area (Å²) >= 11 is 0. The molecule has 0 amide bonds. The van der Waals surface area contributed by atoms with Crippen LogP contribution in [0.2, 0.25) is 0 Å². The number of hydrogen-bond donors (Lipinski definition) is 0. The zero-order chi connectivity index (χ0) is 16.1. The van der Waals surface area contributed by atoms with Gasteiger partial charge >= 0.3 is 11.9 Å². The van der Waals surface area contributed by atoms with Crippen LogP contribution in [0.3, 0.4) is 0 Å². The van der Waals surface area contributed by atoms with Crippen LogP contribution in [0.5, 0.6) is 11.5 Å². The minimum Gasteiger partial charge on any atom is -0.427 e. The van der Waals surface area contributed by atoms with Crippen molar-refractivity contribution in [2.24, 2.45) is 0 Å². The van der Waals surface area contributed by atoms with Crippen LogP contribution in [0, 0.1) is 0 Å². The average Bonchev–Trinajstić information content (AvgIpc) is 2.48. The van der Waals surface area contributed by atoms with Crippen LogP contribution in [0.15, 0.2) is 60.7 Å². The molecule has 0 N–H and O–H groups in total. The van der Waals surface area contributed by atoms with E-state index in [1.54, 1.807) is 43.3 Å². The molecule has 0 aromatic heterocycles. The fourth-order valence-corrected chi connectivity index (χ4v) is 1.85. The predicted octanol–water partition coefficient (Wildman–Crippen LogP) is 3.76. The van der Waals surface area contributed by atoms with Gasteiger partial charge in [0.2, 0.25) is 0 Å². The highest BCUT2D eigenvalue weighted by Gasteiger charge is 2.11. The summed E-state index contributed by atoms with van der Waals surface area (Å²) in [6.07, 6.45) is 0. The number of ether oxygens (including phenoxy) is 2. The third-order valence-electron chi connectivity index (χ3n) is 2.87. The van der Waals surface area contributed by atoms with Crippen LogP contribution in [0.4, 0.5) is 0 Å². The van der Waals surface area contributed by atoms with E-state index >= 15 is 0 Å². The highest BCUT2D eigenvalue weighted by Crippen LogP contribution is 2.31. The Hall–Kier alpha value is -2.88. The van der Waals surface area contributed by atoms with Gasteiger partial charge < -0.3 is 9.47 Å². The fraction of sp³-hybridized carbons (Fsp3) is 0.111. The molecule has 0 heterocycles. The Balaban J connectivity index is 2.30. The average molecular weight is 296 g/mol. The Kier molecular flexibility index (Phi) is 4.73. The van der Waals surface area contributed by atoms with Crippen LogP contribution < -0.4 is 9.47 Å². The van der Waals surface area contributed by atoms with E-state index in [2.05, 4.69) is 6.58 Å². The van der Waals surface area contributed by atoms with E-state index in [-0.39, 0.29) is 5.97 Å². The molecule has 0 spiro atoms. The minimum atomic E-state index is -0.469. The first-order valence-corrected chi connectivity index (χ1v) is 6.73. The molecule has 0 aliphatic rings. The summed E-state index contributed by atoms with van der Waals surface area (Å²) in [4.78, 5) is 22.6. The zero-order valence-corrected chi connectivity index (χ0v) is 12.5. The molecule has 0 saturated carbocycles. The summed E-state index contributed by atoms with van der Waals surface area (Å²) < 4.78 is 10.3. The Morgan fingerprint density at radius 3 is 2.14 bits per heavy atom. The van der Waals surface area contributed by atoms with Crippen molar-refractivity contribution in [2.45, 2.75) is 13.8 Å². The van der Waals surface area contributed by atoms with Gasteiger partial charge in [0.25, 0.3) is 0 Å². The van der Waals surface area contributed by atoms with Crippen LogP contribution >= 0.6 is 0 Å². The van der Waals surface area contributed by atoms with Crippen molar-refractivity contribution in [3.8, 4) is 22.6 Å². The van der Waals surface area contributed by atoms with Gasteiger partial charge in [0.05, 0.1) is 0 Å². The normalized spacial score (nSPS) is 9.91.